The number of carbonyl (C=O) groups excluding carboxylic acids is 1. The van der Waals surface area contributed by atoms with Crippen LogP contribution in [0.3, 0.4) is 0 Å². The van der Waals surface area contributed by atoms with Gasteiger partial charge in [0.2, 0.25) is 5.91 Å². The lowest BCUT2D eigenvalue weighted by Crippen LogP contribution is -2.40. The second kappa shape index (κ2) is 7.63. The minimum atomic E-state index is 0.0968. The summed E-state index contributed by atoms with van der Waals surface area (Å²) in [5, 5.41) is 5.98. The molecule has 4 nitrogen and oxygen atoms in total. The maximum atomic E-state index is 11.2. The molecule has 2 N–H and O–H groups in total. The van der Waals surface area contributed by atoms with E-state index in [0.717, 1.165) is 13.0 Å². The molecule has 1 aliphatic heterocycles. The summed E-state index contributed by atoms with van der Waals surface area (Å²) in [5.41, 5.74) is 0. The van der Waals surface area contributed by atoms with E-state index in [1.807, 2.05) is 6.92 Å². The van der Waals surface area contributed by atoms with Crippen LogP contribution in [0.2, 0.25) is 0 Å². The highest BCUT2D eigenvalue weighted by Crippen LogP contribution is 2.16. The topological polar surface area (TPSA) is 44.4 Å². The summed E-state index contributed by atoms with van der Waals surface area (Å²) in [5.74, 6) is 0.0968. The second-order valence-corrected chi connectivity index (χ2v) is 4.55. The maximum Gasteiger partial charge on any atom is 0.233 e. The predicted molar refractivity (Wildman–Crippen MR) is 66.4 cm³/mol. The molecule has 1 unspecified atom stereocenters. The van der Waals surface area contributed by atoms with Crippen molar-refractivity contribution in [1.29, 1.82) is 0 Å². The first kappa shape index (κ1) is 13.5. The fourth-order valence-electron chi connectivity index (χ4n) is 2.24. The molecule has 4 heteroatoms. The van der Waals surface area contributed by atoms with Crippen molar-refractivity contribution >= 4 is 5.91 Å². The van der Waals surface area contributed by atoms with E-state index in [4.69, 9.17) is 0 Å². The molecule has 0 bridgehead atoms. The number of nitrogens with zero attached hydrogens (tertiary/aromatic N) is 1. The van der Waals surface area contributed by atoms with Gasteiger partial charge < -0.3 is 15.5 Å². The summed E-state index contributed by atoms with van der Waals surface area (Å²) in [6.45, 7) is 5.26. The largest absolute Gasteiger partial charge is 0.355 e. The average Bonchev–Trinajstić information content (AvgIpc) is 2.27. The number of rotatable bonds is 6. The minimum absolute atomic E-state index is 0.0968. The van der Waals surface area contributed by atoms with Crippen LogP contribution in [0.1, 0.15) is 32.6 Å². The Morgan fingerprint density at radius 1 is 1.44 bits per heavy atom. The highest BCUT2D eigenvalue weighted by atomic mass is 16.1. The summed E-state index contributed by atoms with van der Waals surface area (Å²) in [7, 11) is 2.20. The number of amides is 1. The van der Waals surface area contributed by atoms with Gasteiger partial charge >= 0.3 is 0 Å². The van der Waals surface area contributed by atoms with Crippen molar-refractivity contribution in [3.05, 3.63) is 0 Å². The van der Waals surface area contributed by atoms with Crippen molar-refractivity contribution in [2.45, 2.75) is 38.6 Å². The lowest BCUT2D eigenvalue weighted by atomic mass is 10.0. The third-order valence-electron chi connectivity index (χ3n) is 3.24. The Morgan fingerprint density at radius 2 is 2.25 bits per heavy atom. The molecule has 1 rings (SSSR count). The van der Waals surface area contributed by atoms with Crippen molar-refractivity contribution in [3.63, 3.8) is 0 Å². The molecule has 1 saturated heterocycles. The number of likely N-dealkylation sites (tertiary alicyclic amines) is 1. The summed E-state index contributed by atoms with van der Waals surface area (Å²) < 4.78 is 0. The second-order valence-electron chi connectivity index (χ2n) is 4.55. The molecule has 0 aromatic heterocycles. The number of hydrogen-bond acceptors (Lipinski definition) is 3. The predicted octanol–water partition coefficient (Wildman–Crippen LogP) is 0.587. The molecule has 1 heterocycles. The summed E-state index contributed by atoms with van der Waals surface area (Å²) in [4.78, 5) is 13.6. The Labute approximate surface area is 98.8 Å². The summed E-state index contributed by atoms with van der Waals surface area (Å²) >= 11 is 0. The van der Waals surface area contributed by atoms with E-state index in [-0.39, 0.29) is 5.91 Å². The Bertz CT molecular complexity index is 208. The van der Waals surface area contributed by atoms with Crippen LogP contribution in [0, 0.1) is 0 Å². The Balaban J connectivity index is 2.03. The van der Waals surface area contributed by atoms with Gasteiger partial charge in [-0.2, -0.15) is 0 Å². The highest BCUT2D eigenvalue weighted by Gasteiger charge is 2.17. The third-order valence-corrected chi connectivity index (χ3v) is 3.24. The van der Waals surface area contributed by atoms with E-state index in [1.54, 1.807) is 0 Å². The van der Waals surface area contributed by atoms with E-state index in [1.165, 1.54) is 25.8 Å². The first-order valence-electron chi connectivity index (χ1n) is 6.41. The first-order chi connectivity index (χ1) is 7.74. The zero-order valence-electron chi connectivity index (χ0n) is 10.6. The van der Waals surface area contributed by atoms with Crippen LogP contribution in [-0.2, 0) is 4.79 Å². The summed E-state index contributed by atoms with van der Waals surface area (Å²) in [6, 6.07) is 0.704. The van der Waals surface area contributed by atoms with Crippen molar-refractivity contribution in [3.8, 4) is 0 Å². The SMILES string of the molecule is CCNC(=O)CNCCC1CCCCN1C. The average molecular weight is 227 g/mol. The molecule has 0 aromatic rings. The van der Waals surface area contributed by atoms with Gasteiger partial charge in [-0.25, -0.2) is 0 Å². The van der Waals surface area contributed by atoms with Gasteiger partial charge in [-0.1, -0.05) is 6.42 Å². The van der Waals surface area contributed by atoms with E-state index >= 15 is 0 Å². The summed E-state index contributed by atoms with van der Waals surface area (Å²) in [6.07, 6.45) is 5.14. The van der Waals surface area contributed by atoms with Gasteiger partial charge in [0.25, 0.3) is 0 Å². The fraction of sp³-hybridized carbons (Fsp3) is 0.917. The van der Waals surface area contributed by atoms with Gasteiger partial charge in [0.15, 0.2) is 0 Å². The number of nitrogens with one attached hydrogen (secondary N) is 2. The van der Waals surface area contributed by atoms with Crippen molar-refractivity contribution in [1.82, 2.24) is 15.5 Å². The van der Waals surface area contributed by atoms with Crippen LogP contribution in [0.25, 0.3) is 0 Å². The van der Waals surface area contributed by atoms with Crippen LogP contribution in [0.15, 0.2) is 0 Å². The normalized spacial score (nSPS) is 22.0. The van der Waals surface area contributed by atoms with Crippen LogP contribution in [0.4, 0.5) is 0 Å². The van der Waals surface area contributed by atoms with E-state index < -0.39 is 0 Å². The maximum absolute atomic E-state index is 11.2. The number of hydrogen-bond donors (Lipinski definition) is 2. The van der Waals surface area contributed by atoms with Crippen molar-refractivity contribution in [2.24, 2.45) is 0 Å². The molecule has 0 aromatic carbocycles. The third kappa shape index (κ3) is 4.94. The molecule has 1 fully saturated rings. The molecule has 0 spiro atoms. The van der Waals surface area contributed by atoms with Crippen LogP contribution in [-0.4, -0.2) is 50.1 Å². The van der Waals surface area contributed by atoms with E-state index in [2.05, 4.69) is 22.6 Å². The Hall–Kier alpha value is -0.610. The molecule has 0 aliphatic carbocycles. The zero-order valence-corrected chi connectivity index (χ0v) is 10.6. The molecule has 1 aliphatic rings. The van der Waals surface area contributed by atoms with Crippen LogP contribution in [0.5, 0.6) is 0 Å². The van der Waals surface area contributed by atoms with Gasteiger partial charge in [0.1, 0.15) is 0 Å². The monoisotopic (exact) mass is 227 g/mol. The molecular formula is C12H25N3O. The van der Waals surface area contributed by atoms with Crippen LogP contribution < -0.4 is 10.6 Å². The molecule has 0 radical (unpaired) electrons. The minimum Gasteiger partial charge on any atom is -0.355 e. The fourth-order valence-corrected chi connectivity index (χ4v) is 2.24. The number of likely N-dealkylation sites (N-methyl/N-ethyl adjacent to an activating group) is 1. The molecule has 1 amide bonds. The van der Waals surface area contributed by atoms with Gasteiger partial charge in [-0.05, 0) is 46.3 Å². The highest BCUT2D eigenvalue weighted by molar-refractivity contribution is 5.77. The number of piperidine rings is 1. The van der Waals surface area contributed by atoms with Gasteiger partial charge in [-0.3, -0.25) is 4.79 Å². The number of carbonyl (C=O) groups is 1. The quantitative estimate of drug-likeness (QED) is 0.653. The lowest BCUT2D eigenvalue weighted by Gasteiger charge is -2.32. The lowest BCUT2D eigenvalue weighted by molar-refractivity contribution is -0.120. The van der Waals surface area contributed by atoms with Crippen molar-refractivity contribution in [2.75, 3.05) is 33.2 Å². The molecule has 0 saturated carbocycles. The zero-order chi connectivity index (χ0) is 11.8. The molecule has 16 heavy (non-hydrogen) atoms. The Kier molecular flexibility index (Phi) is 6.42. The van der Waals surface area contributed by atoms with Gasteiger partial charge in [0.05, 0.1) is 6.54 Å². The smallest absolute Gasteiger partial charge is 0.233 e. The van der Waals surface area contributed by atoms with Crippen LogP contribution >= 0.6 is 0 Å². The molecular weight excluding hydrogens is 202 g/mol. The molecule has 1 atom stereocenters. The van der Waals surface area contributed by atoms with Gasteiger partial charge in [0, 0.05) is 12.6 Å². The van der Waals surface area contributed by atoms with E-state index in [9.17, 15) is 4.79 Å². The van der Waals surface area contributed by atoms with Gasteiger partial charge in [-0.15, -0.1) is 0 Å². The van der Waals surface area contributed by atoms with E-state index in [0.29, 0.717) is 19.1 Å². The Morgan fingerprint density at radius 3 is 2.94 bits per heavy atom. The molecule has 94 valence electrons. The standard InChI is InChI=1S/C12H25N3O/c1-3-14-12(16)10-13-8-7-11-6-4-5-9-15(11)2/h11,13H,3-10H2,1-2H3,(H,14,16). The van der Waals surface area contributed by atoms with Crippen molar-refractivity contribution < 1.29 is 4.79 Å². The first-order valence-corrected chi connectivity index (χ1v) is 6.41.